The number of carbonyl (C=O) groups excluding carboxylic acids is 1. The number of amidine groups is 1. The highest BCUT2D eigenvalue weighted by Gasteiger charge is 2.42. The Labute approximate surface area is 150 Å². The lowest BCUT2D eigenvalue weighted by atomic mass is 9.99. The van der Waals surface area contributed by atoms with Crippen molar-refractivity contribution < 1.29 is 9.21 Å². The number of thioether (sulfide) groups is 1. The average molecular weight is 354 g/mol. The van der Waals surface area contributed by atoms with Crippen LogP contribution in [0.5, 0.6) is 0 Å². The van der Waals surface area contributed by atoms with Crippen LogP contribution in [0.3, 0.4) is 0 Å². The summed E-state index contributed by atoms with van der Waals surface area (Å²) in [6, 6.07) is 11.1. The molecule has 0 spiro atoms. The monoisotopic (exact) mass is 354 g/mol. The molecule has 1 amide bonds. The zero-order valence-electron chi connectivity index (χ0n) is 13.7. The molecular formula is C18H18N4O2S. The van der Waals surface area contributed by atoms with Crippen LogP contribution in [-0.2, 0) is 4.79 Å². The number of hydrogen-bond acceptors (Lipinski definition) is 6. The third-order valence-corrected chi connectivity index (χ3v) is 4.99. The van der Waals surface area contributed by atoms with Gasteiger partial charge in [-0.2, -0.15) is 0 Å². The number of fused-ring (bicyclic) bond motifs is 3. The van der Waals surface area contributed by atoms with E-state index >= 15 is 0 Å². The fourth-order valence-corrected chi connectivity index (χ4v) is 3.66. The van der Waals surface area contributed by atoms with Crippen LogP contribution in [0, 0.1) is 6.92 Å². The molecule has 3 heterocycles. The van der Waals surface area contributed by atoms with Gasteiger partial charge in [-0.3, -0.25) is 4.79 Å². The molecule has 2 atom stereocenters. The van der Waals surface area contributed by atoms with E-state index in [-0.39, 0.29) is 12.1 Å². The van der Waals surface area contributed by atoms with Gasteiger partial charge in [0.25, 0.3) is 5.91 Å². The van der Waals surface area contributed by atoms with E-state index in [4.69, 9.17) is 4.42 Å². The lowest BCUT2D eigenvalue weighted by molar-refractivity contribution is -0.127. The number of amides is 1. The number of anilines is 1. The van der Waals surface area contributed by atoms with Crippen molar-refractivity contribution in [2.45, 2.75) is 19.1 Å². The fraction of sp³-hybridized carbons (Fsp3) is 0.222. The van der Waals surface area contributed by atoms with Gasteiger partial charge < -0.3 is 15.1 Å². The molecule has 1 aromatic carbocycles. The fourth-order valence-electron chi connectivity index (χ4n) is 3.06. The number of rotatable bonds is 3. The van der Waals surface area contributed by atoms with Gasteiger partial charge in [0.2, 0.25) is 0 Å². The van der Waals surface area contributed by atoms with E-state index < -0.39 is 6.04 Å². The molecule has 0 saturated heterocycles. The van der Waals surface area contributed by atoms with Gasteiger partial charge in [-0.1, -0.05) is 36.0 Å². The summed E-state index contributed by atoms with van der Waals surface area (Å²) in [6.45, 7) is 5.61. The number of benzene rings is 1. The highest BCUT2D eigenvalue weighted by molar-refractivity contribution is 8.14. The summed E-state index contributed by atoms with van der Waals surface area (Å²) in [6.07, 6.45) is 1.43. The summed E-state index contributed by atoms with van der Waals surface area (Å²) in [5, 5.41) is 13.3. The molecule has 2 aliphatic rings. The summed E-state index contributed by atoms with van der Waals surface area (Å²) >= 11 is 1.44. The standard InChI is InChI=1S/C18H18N4O2S/c1-3-10-25-18-20-17(23)15-12-6-4-5-7-13(12)19-16(22(15)21-18)14-9-8-11(2)24-14/h3-9,15-16,19H,1,10H2,2H3,(H,20,21,23)/t15-,16-/m1/s1. The molecule has 0 bridgehead atoms. The van der Waals surface area contributed by atoms with E-state index in [9.17, 15) is 4.79 Å². The molecule has 7 heteroatoms. The second kappa shape index (κ2) is 6.33. The number of nitrogens with zero attached hydrogens (tertiary/aromatic N) is 2. The lowest BCUT2D eigenvalue weighted by Gasteiger charge is -2.42. The van der Waals surface area contributed by atoms with Crippen molar-refractivity contribution in [3.63, 3.8) is 0 Å². The molecule has 2 N–H and O–H groups in total. The topological polar surface area (TPSA) is 69.9 Å². The first-order chi connectivity index (χ1) is 12.2. The number of nitrogens with one attached hydrogen (secondary N) is 2. The summed E-state index contributed by atoms with van der Waals surface area (Å²) in [5.41, 5.74) is 1.81. The van der Waals surface area contributed by atoms with E-state index in [2.05, 4.69) is 22.3 Å². The van der Waals surface area contributed by atoms with E-state index in [1.807, 2.05) is 43.3 Å². The maximum atomic E-state index is 12.8. The van der Waals surface area contributed by atoms with Crippen LogP contribution in [0.4, 0.5) is 5.69 Å². The number of para-hydroxylation sites is 1. The second-order valence-electron chi connectivity index (χ2n) is 5.86. The molecule has 6 nitrogen and oxygen atoms in total. The molecule has 0 aliphatic carbocycles. The molecule has 0 fully saturated rings. The van der Waals surface area contributed by atoms with Gasteiger partial charge in [0.05, 0.1) is 0 Å². The zero-order chi connectivity index (χ0) is 17.4. The maximum absolute atomic E-state index is 12.8. The van der Waals surface area contributed by atoms with Gasteiger partial charge in [0.1, 0.15) is 11.5 Å². The van der Waals surface area contributed by atoms with Crippen LogP contribution in [0.2, 0.25) is 0 Å². The molecule has 4 rings (SSSR count). The Morgan fingerprint density at radius 1 is 1.36 bits per heavy atom. The van der Waals surface area contributed by atoms with Gasteiger partial charge in [-0.05, 0) is 25.1 Å². The zero-order valence-corrected chi connectivity index (χ0v) is 14.5. The average Bonchev–Trinajstić information content (AvgIpc) is 3.05. The van der Waals surface area contributed by atoms with Gasteiger partial charge in [-0.25, -0.2) is 5.01 Å². The SMILES string of the molecule is C=CCSC1=NN2[C@H](c3ccc(C)o3)Nc3ccccc3[C@@H]2C(=O)N1. The van der Waals surface area contributed by atoms with Gasteiger partial charge in [0.15, 0.2) is 17.4 Å². The van der Waals surface area contributed by atoms with Crippen LogP contribution in [0.15, 0.2) is 58.6 Å². The van der Waals surface area contributed by atoms with Crippen LogP contribution in [0.25, 0.3) is 0 Å². The molecule has 128 valence electrons. The van der Waals surface area contributed by atoms with E-state index in [1.54, 1.807) is 11.1 Å². The summed E-state index contributed by atoms with van der Waals surface area (Å²) in [5.74, 6) is 2.12. The Kier molecular flexibility index (Phi) is 4.01. The minimum absolute atomic E-state index is 0.0937. The summed E-state index contributed by atoms with van der Waals surface area (Å²) < 4.78 is 5.81. The largest absolute Gasteiger partial charge is 0.462 e. The van der Waals surface area contributed by atoms with E-state index in [1.165, 1.54) is 11.8 Å². The van der Waals surface area contributed by atoms with Crippen LogP contribution >= 0.6 is 11.8 Å². The van der Waals surface area contributed by atoms with Crippen molar-refractivity contribution in [2.24, 2.45) is 5.10 Å². The third-order valence-electron chi connectivity index (χ3n) is 4.13. The Morgan fingerprint density at radius 3 is 2.96 bits per heavy atom. The quantitative estimate of drug-likeness (QED) is 0.827. The Bertz CT molecular complexity index is 860. The Hall–Kier alpha value is -2.67. The predicted molar refractivity (Wildman–Crippen MR) is 99.1 cm³/mol. The normalized spacial score (nSPS) is 21.6. The first-order valence-corrected chi connectivity index (χ1v) is 8.99. The van der Waals surface area contributed by atoms with Gasteiger partial charge in [0, 0.05) is 17.0 Å². The molecule has 0 saturated carbocycles. The number of carbonyl (C=O) groups is 1. The predicted octanol–water partition coefficient (Wildman–Crippen LogP) is 3.38. The minimum atomic E-state index is -0.499. The smallest absolute Gasteiger partial charge is 0.255 e. The maximum Gasteiger partial charge on any atom is 0.255 e. The van der Waals surface area contributed by atoms with Crippen molar-refractivity contribution in [1.29, 1.82) is 0 Å². The summed E-state index contributed by atoms with van der Waals surface area (Å²) in [4.78, 5) is 12.8. The Morgan fingerprint density at radius 2 is 2.20 bits per heavy atom. The number of hydrogen-bond donors (Lipinski definition) is 2. The molecule has 0 unspecified atom stereocenters. The molecule has 2 aliphatic heterocycles. The van der Waals surface area contributed by atoms with Crippen LogP contribution < -0.4 is 10.6 Å². The van der Waals surface area contributed by atoms with Gasteiger partial charge >= 0.3 is 0 Å². The van der Waals surface area contributed by atoms with Crippen molar-refractivity contribution in [3.05, 3.63) is 66.1 Å². The second-order valence-corrected chi connectivity index (χ2v) is 6.87. The lowest BCUT2D eigenvalue weighted by Crippen LogP contribution is -2.50. The van der Waals surface area contributed by atoms with Crippen molar-refractivity contribution >= 4 is 28.5 Å². The van der Waals surface area contributed by atoms with Crippen molar-refractivity contribution in [3.8, 4) is 0 Å². The van der Waals surface area contributed by atoms with E-state index in [0.717, 1.165) is 22.8 Å². The van der Waals surface area contributed by atoms with E-state index in [0.29, 0.717) is 10.9 Å². The molecule has 25 heavy (non-hydrogen) atoms. The third kappa shape index (κ3) is 2.80. The number of hydrazone groups is 1. The molecular weight excluding hydrogens is 336 g/mol. The molecule has 1 aromatic heterocycles. The first kappa shape index (κ1) is 15.8. The molecule has 0 radical (unpaired) electrons. The number of aryl methyl sites for hydroxylation is 1. The first-order valence-electron chi connectivity index (χ1n) is 8.00. The minimum Gasteiger partial charge on any atom is -0.462 e. The summed E-state index contributed by atoms with van der Waals surface area (Å²) in [7, 11) is 0. The van der Waals surface area contributed by atoms with Crippen molar-refractivity contribution in [2.75, 3.05) is 11.1 Å². The van der Waals surface area contributed by atoms with Crippen molar-refractivity contribution in [1.82, 2.24) is 10.3 Å². The highest BCUT2D eigenvalue weighted by atomic mass is 32.2. The van der Waals surface area contributed by atoms with Gasteiger partial charge in [-0.15, -0.1) is 11.7 Å². The van der Waals surface area contributed by atoms with Crippen LogP contribution in [-0.4, -0.2) is 21.8 Å². The highest BCUT2D eigenvalue weighted by Crippen LogP contribution is 2.42. The Balaban J connectivity index is 1.79. The molecule has 2 aromatic rings. The van der Waals surface area contributed by atoms with Crippen LogP contribution in [0.1, 0.15) is 29.3 Å². The number of furan rings is 1.